The maximum Gasteiger partial charge on any atom is 0.408 e. The average Bonchev–Trinajstić information content (AvgIpc) is 3.10. The minimum Gasteiger partial charge on any atom is -0.444 e. The van der Waals surface area contributed by atoms with Gasteiger partial charge in [-0.05, 0) is 39.3 Å². The molecule has 172 valence electrons. The van der Waals surface area contributed by atoms with Crippen molar-refractivity contribution in [1.29, 1.82) is 0 Å². The average molecular weight is 447 g/mol. The Labute approximate surface area is 185 Å². The van der Waals surface area contributed by atoms with Gasteiger partial charge in [0.1, 0.15) is 5.60 Å². The Hall–Kier alpha value is -3.56. The van der Waals surface area contributed by atoms with E-state index in [4.69, 9.17) is 4.74 Å². The summed E-state index contributed by atoms with van der Waals surface area (Å²) in [5, 5.41) is 8.99. The fraction of sp³-hybridized carbons (Fsp3) is 0.364. The Balaban J connectivity index is 2.43. The minimum atomic E-state index is -2.93. The summed E-state index contributed by atoms with van der Waals surface area (Å²) < 4.78 is 33.0. The van der Waals surface area contributed by atoms with Gasteiger partial charge in [-0.25, -0.2) is 9.48 Å². The molecule has 0 saturated heterocycles. The summed E-state index contributed by atoms with van der Waals surface area (Å²) >= 11 is 0. The highest BCUT2D eigenvalue weighted by Gasteiger charge is 2.24. The fourth-order valence-electron chi connectivity index (χ4n) is 2.88. The molecule has 0 saturated carbocycles. The van der Waals surface area contributed by atoms with Crippen LogP contribution in [0.3, 0.4) is 0 Å². The van der Waals surface area contributed by atoms with Crippen LogP contribution in [0, 0.1) is 0 Å². The number of amides is 2. The lowest BCUT2D eigenvalue weighted by Gasteiger charge is -2.23. The second-order valence-electron chi connectivity index (χ2n) is 7.86. The number of halogens is 2. The Kier molecular flexibility index (Phi) is 8.22. The maximum absolute atomic E-state index is 13.6. The van der Waals surface area contributed by atoms with Crippen molar-refractivity contribution in [2.45, 2.75) is 51.8 Å². The van der Waals surface area contributed by atoms with Gasteiger partial charge in [-0.3, -0.25) is 9.78 Å². The summed E-state index contributed by atoms with van der Waals surface area (Å²) in [5.41, 5.74) is 0.172. The van der Waals surface area contributed by atoms with Crippen LogP contribution in [0.5, 0.6) is 0 Å². The first-order valence-corrected chi connectivity index (χ1v) is 9.88. The van der Waals surface area contributed by atoms with Crippen molar-refractivity contribution < 1.29 is 23.1 Å². The fourth-order valence-corrected chi connectivity index (χ4v) is 2.88. The van der Waals surface area contributed by atoms with Crippen molar-refractivity contribution >= 4 is 17.7 Å². The molecule has 2 aromatic rings. The van der Waals surface area contributed by atoms with Gasteiger partial charge in [-0.2, -0.15) is 13.9 Å². The number of nitrogens with zero attached hydrogens (tertiary/aromatic N) is 3. The number of rotatable bonds is 9. The van der Waals surface area contributed by atoms with Crippen LogP contribution < -0.4 is 10.6 Å². The predicted molar refractivity (Wildman–Crippen MR) is 117 cm³/mol. The number of pyridine rings is 1. The lowest BCUT2D eigenvalue weighted by Crippen LogP contribution is -2.35. The topological polar surface area (TPSA) is 98.1 Å². The van der Waals surface area contributed by atoms with Crippen LogP contribution in [0.4, 0.5) is 19.3 Å². The first kappa shape index (κ1) is 24.7. The molecular weight excluding hydrogens is 420 g/mol. The molecule has 2 heterocycles. The quantitative estimate of drug-likeness (QED) is 0.528. The van der Waals surface area contributed by atoms with Crippen molar-refractivity contribution in [3.05, 3.63) is 55.5 Å². The third kappa shape index (κ3) is 6.73. The van der Waals surface area contributed by atoms with Crippen molar-refractivity contribution in [2.75, 3.05) is 5.32 Å². The van der Waals surface area contributed by atoms with Crippen LogP contribution in [-0.2, 0) is 9.53 Å². The molecule has 1 unspecified atom stereocenters. The summed E-state index contributed by atoms with van der Waals surface area (Å²) in [5.74, 6) is -0.416. The van der Waals surface area contributed by atoms with E-state index in [0.29, 0.717) is 22.4 Å². The molecule has 0 aliphatic carbocycles. The standard InChI is InChI=1S/C22H27F2N5O3/c1-6-8-15(28-21(31)32-22(3,4)5)16-12-14(10-11-25-16)19-17(27-18(30)9-7-2)13-26-29(19)20(23)24/h6-7,10-13,15,20H,1-2,8-9H2,3-5H3,(H,27,30)(H,28,31). The minimum absolute atomic E-state index is 0.00989. The third-order valence-electron chi connectivity index (χ3n) is 4.09. The largest absolute Gasteiger partial charge is 0.444 e. The number of hydrogen-bond donors (Lipinski definition) is 2. The number of nitrogens with one attached hydrogen (secondary N) is 2. The van der Waals surface area contributed by atoms with E-state index < -0.39 is 30.2 Å². The van der Waals surface area contributed by atoms with E-state index >= 15 is 0 Å². The molecular formula is C22H27F2N5O3. The summed E-state index contributed by atoms with van der Waals surface area (Å²) in [6.45, 7) is 9.46. The van der Waals surface area contributed by atoms with Crippen LogP contribution in [0.1, 0.15) is 51.9 Å². The molecule has 0 aliphatic rings. The first-order valence-electron chi connectivity index (χ1n) is 9.88. The van der Waals surface area contributed by atoms with Gasteiger partial charge in [0.05, 0.1) is 29.3 Å². The van der Waals surface area contributed by atoms with Crippen molar-refractivity contribution in [2.24, 2.45) is 0 Å². The van der Waals surface area contributed by atoms with Gasteiger partial charge in [-0.1, -0.05) is 12.2 Å². The third-order valence-corrected chi connectivity index (χ3v) is 4.09. The van der Waals surface area contributed by atoms with Crippen LogP contribution >= 0.6 is 0 Å². The van der Waals surface area contributed by atoms with Crippen molar-refractivity contribution in [1.82, 2.24) is 20.1 Å². The number of alkyl carbamates (subject to hydrolysis) is 1. The molecule has 0 aromatic carbocycles. The first-order chi connectivity index (χ1) is 15.1. The van der Waals surface area contributed by atoms with Gasteiger partial charge in [0.15, 0.2) is 0 Å². The molecule has 0 bridgehead atoms. The second-order valence-corrected chi connectivity index (χ2v) is 7.86. The Morgan fingerprint density at radius 2 is 2.00 bits per heavy atom. The second kappa shape index (κ2) is 10.7. The lowest BCUT2D eigenvalue weighted by atomic mass is 10.1. The molecule has 0 radical (unpaired) electrons. The highest BCUT2D eigenvalue weighted by Crippen LogP contribution is 2.32. The van der Waals surface area contributed by atoms with E-state index in [1.54, 1.807) is 32.9 Å². The van der Waals surface area contributed by atoms with Crippen LogP contribution in [0.25, 0.3) is 11.3 Å². The zero-order valence-corrected chi connectivity index (χ0v) is 18.3. The van der Waals surface area contributed by atoms with E-state index in [1.165, 1.54) is 18.3 Å². The zero-order valence-electron chi connectivity index (χ0n) is 18.3. The molecule has 2 amide bonds. The molecule has 0 spiro atoms. The van der Waals surface area contributed by atoms with Gasteiger partial charge in [-0.15, -0.1) is 13.2 Å². The number of hydrogen-bond acceptors (Lipinski definition) is 5. The van der Waals surface area contributed by atoms with Gasteiger partial charge < -0.3 is 15.4 Å². The molecule has 1 atom stereocenters. The SMILES string of the molecule is C=CCC(=O)Nc1cnn(C(F)F)c1-c1ccnc(C(CC=C)NC(=O)OC(C)(C)C)c1. The monoisotopic (exact) mass is 447 g/mol. The Bertz CT molecular complexity index is 982. The maximum atomic E-state index is 13.6. The highest BCUT2D eigenvalue weighted by atomic mass is 19.3. The normalized spacial score (nSPS) is 12.2. The van der Waals surface area contributed by atoms with Crippen LogP contribution in [0.2, 0.25) is 0 Å². The smallest absolute Gasteiger partial charge is 0.408 e. The van der Waals surface area contributed by atoms with Crippen LogP contribution in [-0.4, -0.2) is 32.4 Å². The van der Waals surface area contributed by atoms with Crippen molar-refractivity contribution in [3.63, 3.8) is 0 Å². The Morgan fingerprint density at radius 1 is 1.28 bits per heavy atom. The van der Waals surface area contributed by atoms with E-state index in [1.807, 2.05) is 0 Å². The van der Waals surface area contributed by atoms with E-state index in [2.05, 4.69) is 33.9 Å². The number of anilines is 1. The van der Waals surface area contributed by atoms with E-state index in [9.17, 15) is 18.4 Å². The Morgan fingerprint density at radius 3 is 2.59 bits per heavy atom. The van der Waals surface area contributed by atoms with E-state index in [-0.39, 0.29) is 17.8 Å². The van der Waals surface area contributed by atoms with Gasteiger partial charge in [0.2, 0.25) is 5.91 Å². The summed E-state index contributed by atoms with van der Waals surface area (Å²) in [6, 6.07) is 2.45. The number of carbonyl (C=O) groups excluding carboxylic acids is 2. The zero-order chi connectivity index (χ0) is 23.9. The summed E-state index contributed by atoms with van der Waals surface area (Å²) in [6.07, 6.45) is 5.28. The molecule has 0 aliphatic heterocycles. The molecule has 2 rings (SSSR count). The lowest BCUT2D eigenvalue weighted by molar-refractivity contribution is -0.115. The molecule has 0 fully saturated rings. The van der Waals surface area contributed by atoms with Crippen LogP contribution in [0.15, 0.2) is 49.8 Å². The van der Waals surface area contributed by atoms with Gasteiger partial charge in [0, 0.05) is 18.2 Å². The molecule has 8 nitrogen and oxygen atoms in total. The number of alkyl halides is 2. The predicted octanol–water partition coefficient (Wildman–Crippen LogP) is 5.00. The van der Waals surface area contributed by atoms with Gasteiger partial charge >= 0.3 is 12.6 Å². The molecule has 2 N–H and O–H groups in total. The molecule has 10 heteroatoms. The highest BCUT2D eigenvalue weighted by molar-refractivity contribution is 5.95. The van der Waals surface area contributed by atoms with Gasteiger partial charge in [0.25, 0.3) is 0 Å². The molecule has 32 heavy (non-hydrogen) atoms. The molecule has 2 aromatic heterocycles. The summed E-state index contributed by atoms with van der Waals surface area (Å²) in [4.78, 5) is 28.5. The summed E-state index contributed by atoms with van der Waals surface area (Å²) in [7, 11) is 0. The number of aromatic nitrogens is 3. The number of ether oxygens (including phenoxy) is 1. The van der Waals surface area contributed by atoms with E-state index in [0.717, 1.165) is 6.20 Å². The number of carbonyl (C=O) groups is 2. The van der Waals surface area contributed by atoms with Crippen molar-refractivity contribution in [3.8, 4) is 11.3 Å².